The van der Waals surface area contributed by atoms with E-state index in [9.17, 15) is 9.59 Å². The highest BCUT2D eigenvalue weighted by Gasteiger charge is 2.20. The number of aryl methyl sites for hydroxylation is 1. The molecule has 13 nitrogen and oxygen atoms in total. The van der Waals surface area contributed by atoms with E-state index in [4.69, 9.17) is 4.42 Å². The van der Waals surface area contributed by atoms with Gasteiger partial charge < -0.3 is 20.4 Å². The van der Waals surface area contributed by atoms with E-state index < -0.39 is 6.04 Å². The number of pyridine rings is 1. The van der Waals surface area contributed by atoms with Gasteiger partial charge >= 0.3 is 0 Å². The second-order valence-electron chi connectivity index (χ2n) is 7.74. The predicted molar refractivity (Wildman–Crippen MR) is 127 cm³/mol. The van der Waals surface area contributed by atoms with Crippen LogP contribution in [0.5, 0.6) is 0 Å². The van der Waals surface area contributed by atoms with Crippen LogP contribution in [0.15, 0.2) is 64.7 Å². The minimum atomic E-state index is -0.403. The van der Waals surface area contributed by atoms with Crippen molar-refractivity contribution in [3.8, 4) is 5.82 Å². The third-order valence-corrected chi connectivity index (χ3v) is 5.35. The fourth-order valence-corrected chi connectivity index (χ4v) is 3.59. The van der Waals surface area contributed by atoms with Crippen molar-refractivity contribution in [1.82, 2.24) is 39.2 Å². The average Bonchev–Trinajstić information content (AvgIpc) is 3.61. The van der Waals surface area contributed by atoms with E-state index in [1.807, 2.05) is 0 Å². The Labute approximate surface area is 198 Å². The minimum Gasteiger partial charge on any atom is -0.446 e. The molecule has 0 aliphatic carbocycles. The van der Waals surface area contributed by atoms with E-state index in [-0.39, 0.29) is 17.0 Å². The van der Waals surface area contributed by atoms with Gasteiger partial charge in [-0.1, -0.05) is 0 Å². The highest BCUT2D eigenvalue weighted by molar-refractivity contribution is 6.00. The lowest BCUT2D eigenvalue weighted by molar-refractivity contribution is 0.0937. The summed E-state index contributed by atoms with van der Waals surface area (Å²) in [5.74, 6) is 1.56. The number of nitrogens with zero attached hydrogens (tertiary/aromatic N) is 7. The van der Waals surface area contributed by atoms with Crippen molar-refractivity contribution >= 4 is 28.9 Å². The van der Waals surface area contributed by atoms with Gasteiger partial charge in [0.1, 0.15) is 28.6 Å². The Balaban J connectivity index is 1.49. The smallest absolute Gasteiger partial charge is 0.280 e. The molecule has 0 fully saturated rings. The normalized spacial score (nSPS) is 12.0. The molecule has 5 rings (SSSR count). The van der Waals surface area contributed by atoms with E-state index in [1.165, 1.54) is 27.9 Å². The van der Waals surface area contributed by atoms with Crippen molar-refractivity contribution in [3.05, 3.63) is 77.1 Å². The van der Waals surface area contributed by atoms with Gasteiger partial charge in [0, 0.05) is 38.6 Å². The quantitative estimate of drug-likeness (QED) is 0.321. The Kier molecular flexibility index (Phi) is 5.49. The standard InChI is InChI=1S/C22H22N10O3/c1-13(16-11-24-12-35-16)26-21(33)14-10-25-32-19(23-2)9-17(28-20(14)32)27-15-5-4-7-31(22(15)34)18-6-8-30(3)29-18/h4-13,23H,1-3H3,(H,26,33)(H,27,28)/t13-/m1/s1. The molecule has 178 valence electrons. The van der Waals surface area contributed by atoms with Crippen molar-refractivity contribution in [2.75, 3.05) is 17.7 Å². The van der Waals surface area contributed by atoms with Gasteiger partial charge in [0.25, 0.3) is 11.5 Å². The molecule has 3 N–H and O–H groups in total. The molecule has 13 heteroatoms. The molecule has 0 saturated carbocycles. The number of hydrogen-bond acceptors (Lipinski definition) is 9. The maximum absolute atomic E-state index is 13.1. The molecule has 5 aromatic heterocycles. The van der Waals surface area contributed by atoms with E-state index >= 15 is 0 Å². The number of aromatic nitrogens is 7. The van der Waals surface area contributed by atoms with E-state index in [2.05, 4.69) is 36.1 Å². The van der Waals surface area contributed by atoms with Crippen LogP contribution in [0.3, 0.4) is 0 Å². The Morgan fingerprint density at radius 1 is 1.20 bits per heavy atom. The molecule has 0 aliphatic heterocycles. The van der Waals surface area contributed by atoms with Crippen molar-refractivity contribution < 1.29 is 9.21 Å². The first-order chi connectivity index (χ1) is 16.9. The zero-order chi connectivity index (χ0) is 24.5. The van der Waals surface area contributed by atoms with Gasteiger partial charge in [-0.25, -0.2) is 9.97 Å². The lowest BCUT2D eigenvalue weighted by Crippen LogP contribution is -2.26. The Hall–Kier alpha value is -4.94. The summed E-state index contributed by atoms with van der Waals surface area (Å²) < 4.78 is 9.82. The third-order valence-electron chi connectivity index (χ3n) is 5.35. The summed E-state index contributed by atoms with van der Waals surface area (Å²) in [6.07, 6.45) is 7.67. The van der Waals surface area contributed by atoms with Crippen LogP contribution in [0.25, 0.3) is 11.5 Å². The fourth-order valence-electron chi connectivity index (χ4n) is 3.59. The summed E-state index contributed by atoms with van der Waals surface area (Å²) in [5, 5.41) is 17.5. The monoisotopic (exact) mass is 474 g/mol. The zero-order valence-corrected chi connectivity index (χ0v) is 19.1. The Bertz CT molecular complexity index is 1560. The van der Waals surface area contributed by atoms with Gasteiger partial charge in [-0.2, -0.15) is 14.7 Å². The van der Waals surface area contributed by atoms with Gasteiger partial charge in [0.2, 0.25) is 0 Å². The molecule has 0 bridgehead atoms. The third kappa shape index (κ3) is 4.10. The molecular formula is C22H22N10O3. The first-order valence-corrected chi connectivity index (χ1v) is 10.7. The first-order valence-electron chi connectivity index (χ1n) is 10.7. The van der Waals surface area contributed by atoms with Crippen LogP contribution in [-0.2, 0) is 7.05 Å². The number of oxazole rings is 1. The van der Waals surface area contributed by atoms with Crippen molar-refractivity contribution in [2.24, 2.45) is 7.05 Å². The number of fused-ring (bicyclic) bond motifs is 1. The predicted octanol–water partition coefficient (Wildman–Crippen LogP) is 1.88. The van der Waals surface area contributed by atoms with Crippen LogP contribution in [0.4, 0.5) is 17.3 Å². The zero-order valence-electron chi connectivity index (χ0n) is 19.1. The second kappa shape index (κ2) is 8.78. The Morgan fingerprint density at radius 3 is 2.77 bits per heavy atom. The minimum absolute atomic E-state index is 0.260. The largest absolute Gasteiger partial charge is 0.446 e. The summed E-state index contributed by atoms with van der Waals surface area (Å²) in [6, 6.07) is 6.41. The SMILES string of the molecule is CNc1cc(Nc2cccn(-c3ccn(C)n3)c2=O)nc2c(C(=O)N[C@H](C)c3cnco3)cnn12. The summed E-state index contributed by atoms with van der Waals surface area (Å²) in [6.45, 7) is 1.78. The lowest BCUT2D eigenvalue weighted by atomic mass is 10.2. The van der Waals surface area contributed by atoms with E-state index in [1.54, 1.807) is 62.4 Å². The summed E-state index contributed by atoms with van der Waals surface area (Å²) in [4.78, 5) is 34.5. The number of carbonyl (C=O) groups is 1. The fraction of sp³-hybridized carbons (Fsp3) is 0.182. The van der Waals surface area contributed by atoms with E-state index in [0.717, 1.165) is 0 Å². The van der Waals surface area contributed by atoms with Crippen LogP contribution in [-0.4, -0.2) is 46.9 Å². The molecule has 0 unspecified atom stereocenters. The highest BCUT2D eigenvalue weighted by atomic mass is 16.3. The molecule has 5 heterocycles. The van der Waals surface area contributed by atoms with Gasteiger partial charge in [-0.3, -0.25) is 18.8 Å². The van der Waals surface area contributed by atoms with Gasteiger partial charge in [-0.15, -0.1) is 0 Å². The lowest BCUT2D eigenvalue weighted by Gasteiger charge is -2.12. The number of hydrogen-bond donors (Lipinski definition) is 3. The molecule has 0 spiro atoms. The molecule has 0 radical (unpaired) electrons. The Morgan fingerprint density at radius 2 is 2.06 bits per heavy atom. The summed E-state index contributed by atoms with van der Waals surface area (Å²) in [7, 11) is 3.50. The average molecular weight is 474 g/mol. The topological polar surface area (TPSA) is 149 Å². The molecule has 0 aliphatic rings. The molecule has 0 saturated heterocycles. The molecule has 5 aromatic rings. The number of nitrogens with one attached hydrogen (secondary N) is 3. The van der Waals surface area contributed by atoms with Gasteiger partial charge in [-0.05, 0) is 19.1 Å². The van der Waals surface area contributed by atoms with Crippen LogP contribution in [0, 0.1) is 0 Å². The number of carbonyl (C=O) groups excluding carboxylic acids is 1. The molecular weight excluding hydrogens is 452 g/mol. The molecule has 1 amide bonds. The number of rotatable bonds is 7. The summed E-state index contributed by atoms with van der Waals surface area (Å²) in [5.41, 5.74) is 0.561. The maximum atomic E-state index is 13.1. The van der Waals surface area contributed by atoms with Gasteiger partial charge in [0.05, 0.1) is 18.4 Å². The van der Waals surface area contributed by atoms with Gasteiger partial charge in [0.15, 0.2) is 17.9 Å². The van der Waals surface area contributed by atoms with Crippen molar-refractivity contribution in [3.63, 3.8) is 0 Å². The maximum Gasteiger partial charge on any atom is 0.280 e. The molecule has 35 heavy (non-hydrogen) atoms. The molecule has 1 atom stereocenters. The number of anilines is 3. The number of amides is 1. The highest BCUT2D eigenvalue weighted by Crippen LogP contribution is 2.22. The van der Waals surface area contributed by atoms with Crippen molar-refractivity contribution in [1.29, 1.82) is 0 Å². The second-order valence-corrected chi connectivity index (χ2v) is 7.74. The van der Waals surface area contributed by atoms with Crippen LogP contribution < -0.4 is 21.5 Å². The van der Waals surface area contributed by atoms with Crippen molar-refractivity contribution in [2.45, 2.75) is 13.0 Å². The first kappa shape index (κ1) is 21.9. The molecule has 0 aromatic carbocycles. The van der Waals surface area contributed by atoms with Crippen LogP contribution >= 0.6 is 0 Å². The van der Waals surface area contributed by atoms with Crippen LogP contribution in [0.1, 0.15) is 29.1 Å². The van der Waals surface area contributed by atoms with Crippen LogP contribution in [0.2, 0.25) is 0 Å². The summed E-state index contributed by atoms with van der Waals surface area (Å²) >= 11 is 0. The van der Waals surface area contributed by atoms with E-state index in [0.29, 0.717) is 34.5 Å².